The Hall–Kier alpha value is -4.01. The average molecular weight is 520 g/mol. The maximum absolute atomic E-state index is 14.3. The second-order valence-corrected chi connectivity index (χ2v) is 9.77. The summed E-state index contributed by atoms with van der Waals surface area (Å²) in [5, 5.41) is 8.78. The number of nitrogens with zero attached hydrogens (tertiary/aromatic N) is 5. The van der Waals surface area contributed by atoms with E-state index in [2.05, 4.69) is 28.9 Å². The summed E-state index contributed by atoms with van der Waals surface area (Å²) in [5.41, 5.74) is 1.66. The highest BCUT2D eigenvalue weighted by atomic mass is 19.1. The lowest BCUT2D eigenvalue weighted by molar-refractivity contribution is -0.132. The molecule has 2 aromatic carbocycles. The fraction of sp³-hybridized carbons (Fsp3) is 0.379. The quantitative estimate of drug-likeness (QED) is 0.423. The first-order chi connectivity index (χ1) is 18.4. The third kappa shape index (κ3) is 6.65. The van der Waals surface area contributed by atoms with Gasteiger partial charge in [-0.2, -0.15) is 0 Å². The van der Waals surface area contributed by atoms with E-state index >= 15 is 0 Å². The summed E-state index contributed by atoms with van der Waals surface area (Å²) in [4.78, 5) is 31.6. The highest BCUT2D eigenvalue weighted by Gasteiger charge is 2.27. The van der Waals surface area contributed by atoms with Gasteiger partial charge in [-0.25, -0.2) is 4.39 Å². The molecule has 1 fully saturated rings. The van der Waals surface area contributed by atoms with Gasteiger partial charge in [0.1, 0.15) is 18.1 Å². The smallest absolute Gasteiger partial charge is 0.257 e. The van der Waals surface area contributed by atoms with Crippen LogP contribution in [0.25, 0.3) is 11.3 Å². The van der Waals surface area contributed by atoms with Gasteiger partial charge in [-0.15, -0.1) is 10.2 Å². The molecular weight excluding hydrogens is 485 g/mol. The monoisotopic (exact) mass is 519 g/mol. The molecule has 0 spiro atoms. The molecule has 3 aromatic rings. The number of rotatable bonds is 9. The van der Waals surface area contributed by atoms with E-state index in [4.69, 9.17) is 4.74 Å². The Balaban J connectivity index is 1.36. The van der Waals surface area contributed by atoms with Gasteiger partial charge in [0.15, 0.2) is 5.82 Å². The van der Waals surface area contributed by atoms with E-state index in [1.165, 1.54) is 17.0 Å². The van der Waals surface area contributed by atoms with Gasteiger partial charge >= 0.3 is 0 Å². The van der Waals surface area contributed by atoms with Crippen LogP contribution in [0.4, 0.5) is 10.2 Å². The second-order valence-electron chi connectivity index (χ2n) is 9.77. The van der Waals surface area contributed by atoms with Crippen molar-refractivity contribution in [1.82, 2.24) is 20.0 Å². The zero-order valence-electron chi connectivity index (χ0n) is 22.1. The Labute approximate surface area is 223 Å². The summed E-state index contributed by atoms with van der Waals surface area (Å²) >= 11 is 0. The number of halogens is 1. The molecule has 8 nitrogen and oxygen atoms in total. The maximum atomic E-state index is 14.3. The minimum absolute atomic E-state index is 0.00940. The maximum Gasteiger partial charge on any atom is 0.257 e. The first-order valence-electron chi connectivity index (χ1n) is 12.9. The lowest BCUT2D eigenvalue weighted by Crippen LogP contribution is -2.52. The number of aromatic nitrogens is 2. The van der Waals surface area contributed by atoms with Gasteiger partial charge in [-0.1, -0.05) is 38.1 Å². The first-order valence-corrected chi connectivity index (χ1v) is 12.9. The average Bonchev–Trinajstić information content (AvgIpc) is 2.95. The lowest BCUT2D eigenvalue weighted by Gasteiger charge is -2.36. The minimum atomic E-state index is -0.577. The van der Waals surface area contributed by atoms with Crippen LogP contribution < -0.4 is 9.64 Å². The molecule has 0 saturated carbocycles. The summed E-state index contributed by atoms with van der Waals surface area (Å²) in [6, 6.07) is 17.4. The standard InChI is InChI=1S/C29H34FN5O3/c1-21(2)13-14-35(29(37)24-9-4-5-10-25(24)30)20-28(36)34-17-15-33(16-18-34)27-12-11-26(31-32-27)22-7-6-8-23(19-22)38-3/h4-12,19,21H,13-18,20H2,1-3H3. The van der Waals surface area contributed by atoms with Crippen molar-refractivity contribution in [3.63, 3.8) is 0 Å². The molecule has 200 valence electrons. The minimum Gasteiger partial charge on any atom is -0.497 e. The Morgan fingerprint density at radius 2 is 1.76 bits per heavy atom. The number of ether oxygens (including phenoxy) is 1. The molecule has 0 bridgehead atoms. The Kier molecular flexibility index (Phi) is 8.89. The van der Waals surface area contributed by atoms with Crippen molar-refractivity contribution >= 4 is 17.6 Å². The molecule has 1 aromatic heterocycles. The molecular formula is C29H34FN5O3. The summed E-state index contributed by atoms with van der Waals surface area (Å²) < 4.78 is 19.6. The van der Waals surface area contributed by atoms with Crippen molar-refractivity contribution < 1.29 is 18.7 Å². The molecule has 2 heterocycles. The first kappa shape index (κ1) is 27.0. The van der Waals surface area contributed by atoms with Crippen LogP contribution in [-0.4, -0.2) is 78.2 Å². The molecule has 0 unspecified atom stereocenters. The summed E-state index contributed by atoms with van der Waals surface area (Å²) in [6.45, 7) is 6.64. The van der Waals surface area contributed by atoms with Crippen LogP contribution in [-0.2, 0) is 4.79 Å². The van der Waals surface area contributed by atoms with Crippen LogP contribution in [0.1, 0.15) is 30.6 Å². The number of amides is 2. The van der Waals surface area contributed by atoms with Gasteiger partial charge in [0, 0.05) is 38.3 Å². The Bertz CT molecular complexity index is 1240. The van der Waals surface area contributed by atoms with Crippen LogP contribution in [0.3, 0.4) is 0 Å². The molecule has 4 rings (SSSR count). The number of anilines is 1. The van der Waals surface area contributed by atoms with Crippen molar-refractivity contribution in [3.05, 3.63) is 72.0 Å². The predicted octanol–water partition coefficient (Wildman–Crippen LogP) is 4.13. The zero-order chi connectivity index (χ0) is 27.1. The Morgan fingerprint density at radius 3 is 2.42 bits per heavy atom. The van der Waals surface area contributed by atoms with E-state index in [0.29, 0.717) is 38.6 Å². The molecule has 1 aliphatic heterocycles. The van der Waals surface area contributed by atoms with Crippen molar-refractivity contribution in [2.24, 2.45) is 5.92 Å². The summed E-state index contributed by atoms with van der Waals surface area (Å²) in [7, 11) is 1.63. The topological polar surface area (TPSA) is 78.9 Å². The van der Waals surface area contributed by atoms with Crippen molar-refractivity contribution in [3.8, 4) is 17.0 Å². The Morgan fingerprint density at radius 1 is 1.00 bits per heavy atom. The van der Waals surface area contributed by atoms with E-state index in [0.717, 1.165) is 29.2 Å². The molecule has 38 heavy (non-hydrogen) atoms. The highest BCUT2D eigenvalue weighted by molar-refractivity contribution is 5.96. The number of hydrogen-bond donors (Lipinski definition) is 0. The summed E-state index contributed by atoms with van der Waals surface area (Å²) in [5.74, 6) is 0.678. The van der Waals surface area contributed by atoms with Gasteiger partial charge in [0.25, 0.3) is 5.91 Å². The third-order valence-corrected chi connectivity index (χ3v) is 6.67. The van der Waals surface area contributed by atoms with Crippen LogP contribution in [0, 0.1) is 11.7 Å². The second kappa shape index (κ2) is 12.5. The van der Waals surface area contributed by atoms with E-state index in [9.17, 15) is 14.0 Å². The van der Waals surface area contributed by atoms with Crippen molar-refractivity contribution in [2.45, 2.75) is 20.3 Å². The van der Waals surface area contributed by atoms with Crippen LogP contribution in [0.15, 0.2) is 60.7 Å². The fourth-order valence-electron chi connectivity index (χ4n) is 4.35. The predicted molar refractivity (Wildman–Crippen MR) is 145 cm³/mol. The molecule has 0 radical (unpaired) electrons. The van der Waals surface area contributed by atoms with Gasteiger partial charge in [-0.05, 0) is 48.7 Å². The zero-order valence-corrected chi connectivity index (χ0v) is 22.1. The van der Waals surface area contributed by atoms with E-state index in [-0.39, 0.29) is 18.0 Å². The van der Waals surface area contributed by atoms with Gasteiger partial charge in [0.2, 0.25) is 5.91 Å². The normalized spacial score (nSPS) is 13.5. The van der Waals surface area contributed by atoms with Crippen molar-refractivity contribution in [1.29, 1.82) is 0 Å². The van der Waals surface area contributed by atoms with E-state index < -0.39 is 11.7 Å². The number of benzene rings is 2. The molecule has 1 aliphatic rings. The summed E-state index contributed by atoms with van der Waals surface area (Å²) in [6.07, 6.45) is 0.728. The van der Waals surface area contributed by atoms with Crippen LogP contribution in [0.2, 0.25) is 0 Å². The number of methoxy groups -OCH3 is 1. The molecule has 1 saturated heterocycles. The van der Waals surface area contributed by atoms with Crippen LogP contribution >= 0.6 is 0 Å². The molecule has 9 heteroatoms. The van der Waals surface area contributed by atoms with Gasteiger partial charge in [0.05, 0.1) is 18.4 Å². The van der Waals surface area contributed by atoms with E-state index in [1.807, 2.05) is 36.4 Å². The largest absolute Gasteiger partial charge is 0.497 e. The number of carbonyl (C=O) groups is 2. The lowest BCUT2D eigenvalue weighted by atomic mass is 10.1. The molecule has 0 atom stereocenters. The van der Waals surface area contributed by atoms with Crippen LogP contribution in [0.5, 0.6) is 5.75 Å². The van der Waals surface area contributed by atoms with Crippen molar-refractivity contribution in [2.75, 3.05) is 51.3 Å². The molecule has 0 aliphatic carbocycles. The van der Waals surface area contributed by atoms with Gasteiger partial charge < -0.3 is 19.4 Å². The molecule has 0 N–H and O–H groups in total. The van der Waals surface area contributed by atoms with Gasteiger partial charge in [-0.3, -0.25) is 9.59 Å². The third-order valence-electron chi connectivity index (χ3n) is 6.67. The number of carbonyl (C=O) groups excluding carboxylic acids is 2. The van der Waals surface area contributed by atoms with E-state index in [1.54, 1.807) is 24.1 Å². The SMILES string of the molecule is COc1cccc(-c2ccc(N3CCN(C(=O)CN(CCC(C)C)C(=O)c4ccccc4F)CC3)nn2)c1. The fourth-order valence-corrected chi connectivity index (χ4v) is 4.35. The number of hydrogen-bond acceptors (Lipinski definition) is 6. The molecule has 2 amide bonds. The number of piperazine rings is 1. The highest BCUT2D eigenvalue weighted by Crippen LogP contribution is 2.23.